The molecule has 1 aliphatic heterocycles. The summed E-state index contributed by atoms with van der Waals surface area (Å²) in [6.45, 7) is 8.66. The largest absolute Gasteiger partial charge is 0.372 e. The van der Waals surface area contributed by atoms with Gasteiger partial charge in [-0.25, -0.2) is 0 Å². The van der Waals surface area contributed by atoms with Crippen LogP contribution in [0.5, 0.6) is 0 Å². The standard InChI is InChI=1S/C17H26N2O/c1-13(2)6-9-17(20)18-16-8-7-15(12-14(16)3)19-10-4-5-11-19/h7-8,12-13H,4-6,9-11H2,1-3H3,(H,18,20). The minimum Gasteiger partial charge on any atom is -0.372 e. The van der Waals surface area contributed by atoms with Crippen LogP contribution in [0.3, 0.4) is 0 Å². The van der Waals surface area contributed by atoms with Crippen LogP contribution in [0.25, 0.3) is 0 Å². The highest BCUT2D eigenvalue weighted by molar-refractivity contribution is 5.91. The van der Waals surface area contributed by atoms with Crippen LogP contribution >= 0.6 is 0 Å². The van der Waals surface area contributed by atoms with Crippen molar-refractivity contribution in [2.75, 3.05) is 23.3 Å². The summed E-state index contributed by atoms with van der Waals surface area (Å²) in [7, 11) is 0. The van der Waals surface area contributed by atoms with E-state index in [-0.39, 0.29) is 5.91 Å². The van der Waals surface area contributed by atoms with Gasteiger partial charge in [-0.15, -0.1) is 0 Å². The summed E-state index contributed by atoms with van der Waals surface area (Å²) in [5.41, 5.74) is 3.37. The smallest absolute Gasteiger partial charge is 0.224 e. The summed E-state index contributed by atoms with van der Waals surface area (Å²) in [5.74, 6) is 0.690. The summed E-state index contributed by atoms with van der Waals surface area (Å²) in [6.07, 6.45) is 4.11. The molecule has 1 saturated heterocycles. The molecular weight excluding hydrogens is 248 g/mol. The summed E-state index contributed by atoms with van der Waals surface area (Å²) < 4.78 is 0. The molecule has 0 saturated carbocycles. The van der Waals surface area contributed by atoms with E-state index in [0.717, 1.165) is 30.8 Å². The maximum Gasteiger partial charge on any atom is 0.224 e. The lowest BCUT2D eigenvalue weighted by Crippen LogP contribution is -2.18. The molecule has 0 radical (unpaired) electrons. The first kappa shape index (κ1) is 14.9. The summed E-state index contributed by atoms with van der Waals surface area (Å²) >= 11 is 0. The average Bonchev–Trinajstić information content (AvgIpc) is 2.92. The van der Waals surface area contributed by atoms with Crippen LogP contribution in [0, 0.1) is 12.8 Å². The van der Waals surface area contributed by atoms with Crippen LogP contribution in [-0.2, 0) is 4.79 Å². The van der Waals surface area contributed by atoms with Crippen LogP contribution < -0.4 is 10.2 Å². The second-order valence-corrected chi connectivity index (χ2v) is 6.17. The highest BCUT2D eigenvalue weighted by Crippen LogP contribution is 2.25. The first-order valence-electron chi connectivity index (χ1n) is 7.71. The molecule has 3 heteroatoms. The minimum atomic E-state index is 0.121. The second-order valence-electron chi connectivity index (χ2n) is 6.17. The van der Waals surface area contributed by atoms with E-state index < -0.39 is 0 Å². The van der Waals surface area contributed by atoms with E-state index in [2.05, 4.69) is 43.1 Å². The molecule has 0 unspecified atom stereocenters. The fourth-order valence-corrected chi connectivity index (χ4v) is 2.59. The van der Waals surface area contributed by atoms with E-state index in [1.54, 1.807) is 0 Å². The van der Waals surface area contributed by atoms with E-state index in [1.165, 1.54) is 18.5 Å². The van der Waals surface area contributed by atoms with Crippen molar-refractivity contribution in [3.63, 3.8) is 0 Å². The van der Waals surface area contributed by atoms with Crippen LogP contribution in [0.2, 0.25) is 0 Å². The van der Waals surface area contributed by atoms with Gasteiger partial charge < -0.3 is 10.2 Å². The van der Waals surface area contributed by atoms with Crippen molar-refractivity contribution in [2.45, 2.75) is 46.5 Å². The number of aryl methyl sites for hydroxylation is 1. The molecular formula is C17H26N2O. The molecule has 0 atom stereocenters. The molecule has 0 bridgehead atoms. The number of hydrogen-bond donors (Lipinski definition) is 1. The molecule has 1 aliphatic rings. The number of anilines is 2. The highest BCUT2D eigenvalue weighted by Gasteiger charge is 2.13. The Balaban J connectivity index is 1.97. The monoisotopic (exact) mass is 274 g/mol. The van der Waals surface area contributed by atoms with Crippen LogP contribution in [-0.4, -0.2) is 19.0 Å². The predicted octanol–water partition coefficient (Wildman–Crippen LogP) is 3.97. The SMILES string of the molecule is Cc1cc(N2CCCC2)ccc1NC(=O)CCC(C)C. The Morgan fingerprint density at radius 3 is 2.60 bits per heavy atom. The lowest BCUT2D eigenvalue weighted by atomic mass is 10.1. The third-order valence-corrected chi connectivity index (χ3v) is 3.90. The van der Waals surface area contributed by atoms with Crippen LogP contribution in [0.4, 0.5) is 11.4 Å². The zero-order chi connectivity index (χ0) is 14.5. The molecule has 0 spiro atoms. The van der Waals surface area contributed by atoms with Gasteiger partial charge in [0.05, 0.1) is 0 Å². The van der Waals surface area contributed by atoms with Gasteiger partial charge in [-0.05, 0) is 55.9 Å². The van der Waals surface area contributed by atoms with Crippen molar-refractivity contribution in [3.05, 3.63) is 23.8 Å². The van der Waals surface area contributed by atoms with Crippen LogP contribution in [0.15, 0.2) is 18.2 Å². The lowest BCUT2D eigenvalue weighted by molar-refractivity contribution is -0.116. The van der Waals surface area contributed by atoms with Gasteiger partial charge in [0.2, 0.25) is 5.91 Å². The Morgan fingerprint density at radius 2 is 2.00 bits per heavy atom. The molecule has 0 aromatic heterocycles. The number of carbonyl (C=O) groups is 1. The third-order valence-electron chi connectivity index (χ3n) is 3.90. The van der Waals surface area contributed by atoms with Gasteiger partial charge in [-0.3, -0.25) is 4.79 Å². The fraction of sp³-hybridized carbons (Fsp3) is 0.588. The van der Waals surface area contributed by atoms with Gasteiger partial charge in [0.1, 0.15) is 0 Å². The molecule has 1 aromatic rings. The Morgan fingerprint density at radius 1 is 1.30 bits per heavy atom. The molecule has 1 fully saturated rings. The molecule has 110 valence electrons. The number of hydrogen-bond acceptors (Lipinski definition) is 2. The van der Waals surface area contributed by atoms with Gasteiger partial charge in [-0.2, -0.15) is 0 Å². The number of amides is 1. The molecule has 1 N–H and O–H groups in total. The first-order valence-corrected chi connectivity index (χ1v) is 7.71. The van der Waals surface area contributed by atoms with Crippen molar-refractivity contribution >= 4 is 17.3 Å². The predicted molar refractivity (Wildman–Crippen MR) is 85.3 cm³/mol. The maximum atomic E-state index is 11.9. The van der Waals surface area contributed by atoms with E-state index in [9.17, 15) is 4.79 Å². The maximum absolute atomic E-state index is 11.9. The first-order chi connectivity index (χ1) is 9.56. The molecule has 20 heavy (non-hydrogen) atoms. The van der Waals surface area contributed by atoms with Gasteiger partial charge in [0, 0.05) is 30.9 Å². The molecule has 2 rings (SSSR count). The van der Waals surface area contributed by atoms with Crippen LogP contribution in [0.1, 0.15) is 45.1 Å². The molecule has 1 amide bonds. The van der Waals surface area contributed by atoms with Gasteiger partial charge in [0.25, 0.3) is 0 Å². The summed E-state index contributed by atoms with van der Waals surface area (Å²) in [5, 5.41) is 3.03. The van der Waals surface area contributed by atoms with Gasteiger partial charge >= 0.3 is 0 Å². The molecule has 1 heterocycles. The van der Waals surface area contributed by atoms with E-state index >= 15 is 0 Å². The normalized spacial score (nSPS) is 14.9. The lowest BCUT2D eigenvalue weighted by Gasteiger charge is -2.19. The molecule has 0 aliphatic carbocycles. The van der Waals surface area contributed by atoms with Crippen molar-refractivity contribution in [1.29, 1.82) is 0 Å². The molecule has 1 aromatic carbocycles. The number of rotatable bonds is 5. The summed E-state index contributed by atoms with van der Waals surface area (Å²) in [4.78, 5) is 14.3. The average molecular weight is 274 g/mol. The zero-order valence-electron chi connectivity index (χ0n) is 12.9. The zero-order valence-corrected chi connectivity index (χ0v) is 12.9. The molecule has 3 nitrogen and oxygen atoms in total. The number of nitrogens with one attached hydrogen (secondary N) is 1. The summed E-state index contributed by atoms with van der Waals surface area (Å²) in [6, 6.07) is 6.34. The van der Waals surface area contributed by atoms with E-state index in [4.69, 9.17) is 0 Å². The number of carbonyl (C=O) groups excluding carboxylic acids is 1. The van der Waals surface area contributed by atoms with Crippen molar-refractivity contribution in [1.82, 2.24) is 0 Å². The van der Waals surface area contributed by atoms with Crippen molar-refractivity contribution < 1.29 is 4.79 Å². The van der Waals surface area contributed by atoms with Gasteiger partial charge in [0.15, 0.2) is 0 Å². The van der Waals surface area contributed by atoms with Crippen molar-refractivity contribution in [3.8, 4) is 0 Å². The topological polar surface area (TPSA) is 32.3 Å². The Kier molecular flexibility index (Phi) is 5.05. The Bertz CT molecular complexity index is 462. The van der Waals surface area contributed by atoms with E-state index in [0.29, 0.717) is 12.3 Å². The Labute approximate surface area is 122 Å². The number of benzene rings is 1. The van der Waals surface area contributed by atoms with E-state index in [1.807, 2.05) is 6.07 Å². The Hall–Kier alpha value is -1.51. The highest BCUT2D eigenvalue weighted by atomic mass is 16.1. The fourth-order valence-electron chi connectivity index (χ4n) is 2.59. The quantitative estimate of drug-likeness (QED) is 0.881. The number of nitrogens with zero attached hydrogens (tertiary/aromatic N) is 1. The van der Waals surface area contributed by atoms with Crippen molar-refractivity contribution in [2.24, 2.45) is 5.92 Å². The third kappa shape index (κ3) is 3.99. The van der Waals surface area contributed by atoms with Gasteiger partial charge in [-0.1, -0.05) is 13.8 Å². The minimum absolute atomic E-state index is 0.121. The second kappa shape index (κ2) is 6.78.